The minimum atomic E-state index is -2.24. The Hall–Kier alpha value is -2.45. The fraction of sp³-hybridized carbons (Fsp3) is 0.607. The number of nitriles is 1. The van der Waals surface area contributed by atoms with E-state index in [-0.39, 0.29) is 18.4 Å². The Morgan fingerprint density at radius 2 is 2.16 bits per heavy atom. The van der Waals surface area contributed by atoms with Gasteiger partial charge < -0.3 is 9.84 Å². The number of fused-ring (bicyclic) bond motifs is 7. The Morgan fingerprint density at radius 3 is 2.87 bits per heavy atom. The number of aliphatic hydroxyl groups is 1. The summed E-state index contributed by atoms with van der Waals surface area (Å²) < 4.78 is 38.5. The molecule has 9 atom stereocenters. The van der Waals surface area contributed by atoms with Gasteiger partial charge in [0.15, 0.2) is 23.7 Å². The molecule has 0 bridgehead atoms. The summed E-state index contributed by atoms with van der Waals surface area (Å²) in [6.45, 7) is 3.73. The predicted molar refractivity (Wildman–Crippen MR) is 133 cm³/mol. The summed E-state index contributed by atoms with van der Waals surface area (Å²) in [7, 11) is 0. The number of carbonyl (C=O) groups excluding carboxylic acids is 2. The van der Waals surface area contributed by atoms with Crippen molar-refractivity contribution in [3.05, 3.63) is 46.2 Å². The number of hydrogen-bond donors (Lipinski definition) is 1. The number of rotatable bonds is 4. The molecule has 1 aromatic heterocycles. The van der Waals surface area contributed by atoms with Crippen molar-refractivity contribution >= 4 is 23.1 Å². The van der Waals surface area contributed by atoms with Gasteiger partial charge in [-0.15, -0.1) is 11.3 Å². The molecular weight excluding hydrogens is 514 g/mol. The van der Waals surface area contributed by atoms with Crippen LogP contribution in [0, 0.1) is 39.9 Å². The maximum Gasteiger partial charge on any atom is 0.342 e. The van der Waals surface area contributed by atoms with Gasteiger partial charge in [-0.2, -0.15) is 10.3 Å². The highest BCUT2D eigenvalue weighted by Gasteiger charge is 2.80. The number of carbonyl (C=O) groups is 2. The number of allylic oxidation sites excluding steroid dienone is 4. The summed E-state index contributed by atoms with van der Waals surface area (Å²) in [5.74, 6) is -2.92. The topological polar surface area (TPSA) is 99.9 Å². The third-order valence-electron chi connectivity index (χ3n) is 10.2. The largest absolute Gasteiger partial charge is 0.448 e. The number of alkyl halides is 2. The molecule has 1 aromatic rings. The quantitative estimate of drug-likeness (QED) is 0.575. The second-order valence-corrected chi connectivity index (χ2v) is 12.8. The number of nitrogens with zero attached hydrogens (tertiary/aromatic N) is 2. The van der Waals surface area contributed by atoms with Gasteiger partial charge in [0, 0.05) is 34.1 Å². The van der Waals surface area contributed by atoms with Crippen LogP contribution in [-0.4, -0.2) is 58.6 Å². The third-order valence-corrected chi connectivity index (χ3v) is 11.0. The van der Waals surface area contributed by atoms with Crippen LogP contribution in [0.4, 0.5) is 8.78 Å². The first-order valence-electron chi connectivity index (χ1n) is 13.0. The summed E-state index contributed by atoms with van der Waals surface area (Å²) in [6, 6.07) is 5.72. The molecule has 7 nitrogen and oxygen atoms in total. The van der Waals surface area contributed by atoms with Crippen LogP contribution in [-0.2, 0) is 25.7 Å². The van der Waals surface area contributed by atoms with Crippen LogP contribution in [0.1, 0.15) is 38.0 Å². The maximum atomic E-state index is 17.4. The van der Waals surface area contributed by atoms with Crippen molar-refractivity contribution < 1.29 is 33.1 Å². The normalized spacial score (nSPS) is 45.4. The lowest BCUT2D eigenvalue weighted by molar-refractivity contribution is -0.277. The monoisotopic (exact) mass is 544 g/mol. The van der Waals surface area contributed by atoms with Crippen LogP contribution in [0.5, 0.6) is 0 Å². The standard InChI is InChI=1S/C28H30F2N2O5S/c1-25-6-5-17(33)11-21(25)22(29)12-20-19-10-16-14-32(15-18-4-3-9-38-18)37-28(16,24(35)36-8-7-31)26(19,2)13-23(34)27(20,25)30/h3-6,9,11,16,19-20,22-23,34H,8,10,12-15H2,1-2H3/t16-,19-,20-,22-,23-,25-,26-,27-,28-/m0/s1. The Labute approximate surface area is 223 Å². The smallest absolute Gasteiger partial charge is 0.342 e. The van der Waals surface area contributed by atoms with Crippen molar-refractivity contribution in [3.63, 3.8) is 0 Å². The molecule has 38 heavy (non-hydrogen) atoms. The Bertz CT molecular complexity index is 1280. The average Bonchev–Trinajstić information content (AvgIpc) is 3.57. The molecule has 202 valence electrons. The molecule has 1 N–H and O–H groups in total. The number of thiophene rings is 1. The summed E-state index contributed by atoms with van der Waals surface area (Å²) in [5, 5.41) is 24.3. The summed E-state index contributed by atoms with van der Waals surface area (Å²) in [5.41, 5.74) is -6.31. The first-order valence-corrected chi connectivity index (χ1v) is 13.9. The number of ether oxygens (including phenoxy) is 1. The Balaban J connectivity index is 1.42. The van der Waals surface area contributed by atoms with Crippen molar-refractivity contribution in [2.24, 2.45) is 28.6 Å². The van der Waals surface area contributed by atoms with Gasteiger partial charge in [0.2, 0.25) is 0 Å². The van der Waals surface area contributed by atoms with E-state index in [1.54, 1.807) is 23.3 Å². The van der Waals surface area contributed by atoms with E-state index in [1.807, 2.05) is 30.5 Å². The first-order chi connectivity index (χ1) is 18.0. The molecule has 0 aromatic carbocycles. The molecule has 0 amide bonds. The van der Waals surface area contributed by atoms with Gasteiger partial charge in [-0.05, 0) is 61.3 Å². The number of hydroxylamine groups is 2. The molecule has 5 aliphatic rings. The van der Waals surface area contributed by atoms with Crippen LogP contribution in [0.3, 0.4) is 0 Å². The highest BCUT2D eigenvalue weighted by Crippen LogP contribution is 2.72. The summed E-state index contributed by atoms with van der Waals surface area (Å²) in [4.78, 5) is 33.3. The van der Waals surface area contributed by atoms with Crippen LogP contribution in [0.15, 0.2) is 41.3 Å². The van der Waals surface area contributed by atoms with Crippen molar-refractivity contribution in [2.45, 2.75) is 63.2 Å². The molecule has 10 heteroatoms. The molecular formula is C28H30F2N2O5S. The van der Waals surface area contributed by atoms with Gasteiger partial charge in [-0.25, -0.2) is 13.6 Å². The molecule has 1 saturated heterocycles. The maximum absolute atomic E-state index is 17.4. The van der Waals surface area contributed by atoms with Crippen molar-refractivity contribution in [3.8, 4) is 6.07 Å². The van der Waals surface area contributed by atoms with Gasteiger partial charge in [0.25, 0.3) is 0 Å². The lowest BCUT2D eigenvalue weighted by Gasteiger charge is -2.63. The predicted octanol–water partition coefficient (Wildman–Crippen LogP) is 3.85. The zero-order valence-corrected chi connectivity index (χ0v) is 22.0. The van der Waals surface area contributed by atoms with Gasteiger partial charge in [-0.1, -0.05) is 19.1 Å². The molecule has 0 spiro atoms. The van der Waals surface area contributed by atoms with Crippen molar-refractivity contribution in [1.29, 1.82) is 5.26 Å². The number of ketones is 1. The molecule has 6 rings (SSSR count). The molecule has 0 radical (unpaired) electrons. The van der Waals surface area contributed by atoms with E-state index in [9.17, 15) is 14.7 Å². The van der Waals surface area contributed by atoms with Gasteiger partial charge in [-0.3, -0.25) is 9.63 Å². The number of halogens is 2. The van der Waals surface area contributed by atoms with E-state index in [1.165, 1.54) is 18.2 Å². The minimum Gasteiger partial charge on any atom is -0.448 e. The number of esters is 1. The highest BCUT2D eigenvalue weighted by atomic mass is 32.1. The van der Waals surface area contributed by atoms with Crippen LogP contribution >= 0.6 is 11.3 Å². The van der Waals surface area contributed by atoms with Crippen LogP contribution < -0.4 is 0 Å². The lowest BCUT2D eigenvalue weighted by atomic mass is 9.44. The molecule has 3 saturated carbocycles. The summed E-state index contributed by atoms with van der Waals surface area (Å²) in [6.07, 6.45) is 0.766. The zero-order chi connectivity index (χ0) is 27.1. The second-order valence-electron chi connectivity index (χ2n) is 11.8. The van der Waals surface area contributed by atoms with Crippen molar-refractivity contribution in [1.82, 2.24) is 5.06 Å². The van der Waals surface area contributed by atoms with Gasteiger partial charge in [0.1, 0.15) is 12.2 Å². The number of aliphatic hydroxyl groups excluding tert-OH is 1. The highest BCUT2D eigenvalue weighted by molar-refractivity contribution is 7.09. The number of hydrogen-bond acceptors (Lipinski definition) is 8. The lowest BCUT2D eigenvalue weighted by Crippen LogP contribution is -2.70. The molecule has 1 aliphatic heterocycles. The summed E-state index contributed by atoms with van der Waals surface area (Å²) >= 11 is 1.56. The van der Waals surface area contributed by atoms with E-state index >= 15 is 8.78 Å². The zero-order valence-electron chi connectivity index (χ0n) is 21.2. The van der Waals surface area contributed by atoms with Gasteiger partial charge in [0.05, 0.1) is 12.6 Å². The Kier molecular flexibility index (Phi) is 5.79. The fourth-order valence-corrected chi connectivity index (χ4v) is 9.25. The second kappa shape index (κ2) is 8.52. The first kappa shape index (κ1) is 25.8. The van der Waals surface area contributed by atoms with E-state index < -0.39 is 70.5 Å². The van der Waals surface area contributed by atoms with E-state index in [4.69, 9.17) is 14.8 Å². The third kappa shape index (κ3) is 3.13. The van der Waals surface area contributed by atoms with E-state index in [0.717, 1.165) is 4.88 Å². The fourth-order valence-electron chi connectivity index (χ4n) is 8.54. The van der Waals surface area contributed by atoms with E-state index in [2.05, 4.69) is 0 Å². The molecule has 0 unspecified atom stereocenters. The van der Waals surface area contributed by atoms with Crippen LogP contribution in [0.2, 0.25) is 0 Å². The minimum absolute atomic E-state index is 0.0612. The molecule has 2 heterocycles. The van der Waals surface area contributed by atoms with Crippen LogP contribution in [0.25, 0.3) is 0 Å². The van der Waals surface area contributed by atoms with Crippen molar-refractivity contribution in [2.75, 3.05) is 13.2 Å². The van der Waals surface area contributed by atoms with Gasteiger partial charge >= 0.3 is 5.97 Å². The molecule has 4 fully saturated rings. The SMILES string of the molecule is C[C@]12C=CC(=O)C=C1[C@@H](F)C[C@H]1[C@@H]3C[C@H]4CN(Cc5cccs5)O[C@@]4(C(=O)OCC#N)[C@@]3(C)C[C@H](O)[C@@]12F. The molecule has 4 aliphatic carbocycles. The van der Waals surface area contributed by atoms with E-state index in [0.29, 0.717) is 19.5 Å². The average molecular weight is 545 g/mol. The Morgan fingerprint density at radius 1 is 1.37 bits per heavy atom.